The van der Waals surface area contributed by atoms with E-state index in [-0.39, 0.29) is 10.8 Å². The lowest BCUT2D eigenvalue weighted by atomic mass is 9.82. The van der Waals surface area contributed by atoms with E-state index in [0.29, 0.717) is 0 Å². The van der Waals surface area contributed by atoms with E-state index < -0.39 is 0 Å². The van der Waals surface area contributed by atoms with Crippen molar-refractivity contribution in [2.75, 3.05) is 4.90 Å². The number of hydrogen-bond acceptors (Lipinski definition) is 1. The molecule has 5 aromatic rings. The fraction of sp³-hybridized carbons (Fsp3) is 0.200. The Morgan fingerprint density at radius 1 is 0.528 bits per heavy atom. The van der Waals surface area contributed by atoms with Gasteiger partial charge in [-0.25, -0.2) is 0 Å². The standard InChI is InChI=1S/C35H33N/c1-34(2)24-35(3,4)32-23-25(19-21-31(32)34)28-20-22-33(30-18-12-11-17-29(28)30)36(26-13-7-5-8-14-26)27-15-9-6-10-16-27/h5-23H,24H2,1-4H3. The van der Waals surface area contributed by atoms with Crippen LogP contribution in [0.4, 0.5) is 17.1 Å². The van der Waals surface area contributed by atoms with Crippen LogP contribution >= 0.6 is 0 Å². The largest absolute Gasteiger partial charge is 0.310 e. The van der Waals surface area contributed by atoms with Crippen molar-refractivity contribution in [3.63, 3.8) is 0 Å². The first-order chi connectivity index (χ1) is 17.4. The Morgan fingerprint density at radius 2 is 1.08 bits per heavy atom. The molecule has 1 nitrogen and oxygen atoms in total. The van der Waals surface area contributed by atoms with Crippen LogP contribution in [0.5, 0.6) is 0 Å². The molecule has 0 aliphatic heterocycles. The molecule has 0 heterocycles. The lowest BCUT2D eigenvalue weighted by Crippen LogP contribution is -2.17. The number of anilines is 3. The number of hydrogen-bond donors (Lipinski definition) is 0. The third-order valence-corrected chi connectivity index (χ3v) is 7.84. The third kappa shape index (κ3) is 3.71. The minimum absolute atomic E-state index is 0.183. The van der Waals surface area contributed by atoms with Crippen LogP contribution in [0.3, 0.4) is 0 Å². The van der Waals surface area contributed by atoms with Crippen molar-refractivity contribution in [2.45, 2.75) is 44.9 Å². The van der Waals surface area contributed by atoms with Gasteiger partial charge in [0.1, 0.15) is 0 Å². The van der Waals surface area contributed by atoms with Gasteiger partial charge in [-0.3, -0.25) is 0 Å². The SMILES string of the molecule is CC1(C)CC(C)(C)c2cc(-c3ccc(N(c4ccccc4)c4ccccc4)c4ccccc34)ccc21. The molecule has 36 heavy (non-hydrogen) atoms. The summed E-state index contributed by atoms with van der Waals surface area (Å²) >= 11 is 0. The predicted octanol–water partition coefficient (Wildman–Crippen LogP) is 9.94. The van der Waals surface area contributed by atoms with E-state index in [2.05, 4.69) is 148 Å². The van der Waals surface area contributed by atoms with E-state index in [1.54, 1.807) is 0 Å². The smallest absolute Gasteiger partial charge is 0.0540 e. The summed E-state index contributed by atoms with van der Waals surface area (Å²) in [6, 6.07) is 41.9. The van der Waals surface area contributed by atoms with E-state index >= 15 is 0 Å². The highest BCUT2D eigenvalue weighted by molar-refractivity contribution is 6.06. The van der Waals surface area contributed by atoms with Crippen LogP contribution in [0.15, 0.2) is 115 Å². The van der Waals surface area contributed by atoms with Crippen molar-refractivity contribution in [1.82, 2.24) is 0 Å². The number of nitrogens with zero attached hydrogens (tertiary/aromatic N) is 1. The lowest BCUT2D eigenvalue weighted by Gasteiger charge is -2.27. The average Bonchev–Trinajstić information content (AvgIpc) is 3.08. The molecule has 0 fully saturated rings. The molecule has 0 saturated carbocycles. The summed E-state index contributed by atoms with van der Waals surface area (Å²) in [5, 5.41) is 2.53. The highest BCUT2D eigenvalue weighted by atomic mass is 15.1. The maximum Gasteiger partial charge on any atom is 0.0540 e. The molecular weight excluding hydrogens is 434 g/mol. The van der Waals surface area contributed by atoms with Crippen molar-refractivity contribution in [3.05, 3.63) is 126 Å². The van der Waals surface area contributed by atoms with E-state index in [1.165, 1.54) is 45.1 Å². The molecule has 1 aliphatic rings. The normalized spacial score (nSPS) is 15.6. The van der Waals surface area contributed by atoms with Crippen LogP contribution in [0, 0.1) is 0 Å². The topological polar surface area (TPSA) is 3.24 Å². The van der Waals surface area contributed by atoms with Gasteiger partial charge in [0.15, 0.2) is 0 Å². The molecular formula is C35H33N. The maximum absolute atomic E-state index is 2.46. The molecule has 178 valence electrons. The molecule has 0 N–H and O–H groups in total. The third-order valence-electron chi connectivity index (χ3n) is 7.84. The molecule has 0 unspecified atom stereocenters. The van der Waals surface area contributed by atoms with Crippen molar-refractivity contribution < 1.29 is 0 Å². The Morgan fingerprint density at radius 3 is 1.72 bits per heavy atom. The summed E-state index contributed by atoms with van der Waals surface area (Å²) in [6.07, 6.45) is 1.18. The minimum Gasteiger partial charge on any atom is -0.310 e. The molecule has 0 bridgehead atoms. The number of para-hydroxylation sites is 2. The van der Waals surface area contributed by atoms with E-state index in [4.69, 9.17) is 0 Å². The Hall–Kier alpha value is -3.84. The zero-order valence-electron chi connectivity index (χ0n) is 21.6. The molecule has 0 saturated heterocycles. The van der Waals surface area contributed by atoms with Crippen molar-refractivity contribution in [3.8, 4) is 11.1 Å². The quantitative estimate of drug-likeness (QED) is 0.254. The van der Waals surface area contributed by atoms with Gasteiger partial charge in [-0.05, 0) is 75.2 Å². The Balaban J connectivity index is 1.55. The summed E-state index contributed by atoms with van der Waals surface area (Å²) in [5.74, 6) is 0. The van der Waals surface area contributed by atoms with Gasteiger partial charge in [0.25, 0.3) is 0 Å². The van der Waals surface area contributed by atoms with Gasteiger partial charge in [-0.15, -0.1) is 0 Å². The van der Waals surface area contributed by atoms with Crippen molar-refractivity contribution in [1.29, 1.82) is 0 Å². The number of benzene rings is 5. The van der Waals surface area contributed by atoms with Gasteiger partial charge in [0, 0.05) is 16.8 Å². The summed E-state index contributed by atoms with van der Waals surface area (Å²) < 4.78 is 0. The van der Waals surface area contributed by atoms with Crippen LogP contribution in [-0.2, 0) is 10.8 Å². The van der Waals surface area contributed by atoms with Crippen LogP contribution in [0.1, 0.15) is 45.2 Å². The number of fused-ring (bicyclic) bond motifs is 2. The Kier molecular flexibility index (Phi) is 5.26. The zero-order valence-corrected chi connectivity index (χ0v) is 21.6. The molecule has 0 spiro atoms. The summed E-state index contributed by atoms with van der Waals surface area (Å²) in [6.45, 7) is 9.55. The molecule has 5 aromatic carbocycles. The summed E-state index contributed by atoms with van der Waals surface area (Å²) in [7, 11) is 0. The van der Waals surface area contributed by atoms with Crippen LogP contribution in [0.25, 0.3) is 21.9 Å². The van der Waals surface area contributed by atoms with Crippen LogP contribution < -0.4 is 4.90 Å². The van der Waals surface area contributed by atoms with E-state index in [1.807, 2.05) is 0 Å². The van der Waals surface area contributed by atoms with E-state index in [0.717, 1.165) is 11.4 Å². The summed E-state index contributed by atoms with van der Waals surface area (Å²) in [5.41, 5.74) is 9.48. The predicted molar refractivity (Wildman–Crippen MR) is 155 cm³/mol. The van der Waals surface area contributed by atoms with Crippen molar-refractivity contribution in [2.24, 2.45) is 0 Å². The highest BCUT2D eigenvalue weighted by Gasteiger charge is 2.41. The van der Waals surface area contributed by atoms with Gasteiger partial charge in [0.05, 0.1) is 5.69 Å². The fourth-order valence-electron chi connectivity index (χ4n) is 6.47. The first kappa shape index (κ1) is 22.6. The van der Waals surface area contributed by atoms with Gasteiger partial charge >= 0.3 is 0 Å². The first-order valence-electron chi connectivity index (χ1n) is 12.9. The second-order valence-electron chi connectivity index (χ2n) is 11.4. The van der Waals surface area contributed by atoms with Crippen LogP contribution in [-0.4, -0.2) is 0 Å². The van der Waals surface area contributed by atoms with Crippen LogP contribution in [0.2, 0.25) is 0 Å². The molecule has 0 radical (unpaired) electrons. The van der Waals surface area contributed by atoms with Gasteiger partial charge < -0.3 is 4.90 Å². The molecule has 6 rings (SSSR count). The minimum atomic E-state index is 0.183. The fourth-order valence-corrected chi connectivity index (χ4v) is 6.47. The van der Waals surface area contributed by atoms with Gasteiger partial charge in [-0.1, -0.05) is 113 Å². The maximum atomic E-state index is 2.46. The Labute approximate surface area is 215 Å². The Bertz CT molecular complexity index is 1510. The monoisotopic (exact) mass is 467 g/mol. The van der Waals surface area contributed by atoms with E-state index in [9.17, 15) is 0 Å². The van der Waals surface area contributed by atoms with Crippen molar-refractivity contribution >= 4 is 27.8 Å². The molecule has 0 atom stereocenters. The second-order valence-corrected chi connectivity index (χ2v) is 11.4. The van der Waals surface area contributed by atoms with Gasteiger partial charge in [-0.2, -0.15) is 0 Å². The first-order valence-corrected chi connectivity index (χ1v) is 12.9. The second kappa shape index (κ2) is 8.38. The lowest BCUT2D eigenvalue weighted by molar-refractivity contribution is 0.403. The molecule has 1 aliphatic carbocycles. The molecule has 0 aromatic heterocycles. The number of rotatable bonds is 4. The molecule has 0 amide bonds. The average molecular weight is 468 g/mol. The zero-order chi connectivity index (χ0) is 24.9. The highest BCUT2D eigenvalue weighted by Crippen LogP contribution is 2.51. The van der Waals surface area contributed by atoms with Gasteiger partial charge in [0.2, 0.25) is 0 Å². The summed E-state index contributed by atoms with van der Waals surface area (Å²) in [4.78, 5) is 2.36. The molecule has 1 heteroatoms.